The van der Waals surface area contributed by atoms with Crippen molar-refractivity contribution in [2.24, 2.45) is 0 Å². The number of pyridine rings is 1. The van der Waals surface area contributed by atoms with E-state index in [1.165, 1.54) is 26.5 Å². The minimum atomic E-state index is -0.736. The molecule has 0 N–H and O–H groups in total. The van der Waals surface area contributed by atoms with Gasteiger partial charge < -0.3 is 9.47 Å². The lowest BCUT2D eigenvalue weighted by Gasteiger charge is -2.10. The van der Waals surface area contributed by atoms with E-state index in [4.69, 9.17) is 16.3 Å². The Morgan fingerprint density at radius 3 is 2.65 bits per heavy atom. The summed E-state index contributed by atoms with van der Waals surface area (Å²) in [6.45, 7) is 0. The summed E-state index contributed by atoms with van der Waals surface area (Å²) in [4.78, 5) is 15.0. The summed E-state index contributed by atoms with van der Waals surface area (Å²) < 4.78 is 22.9. The highest BCUT2D eigenvalue weighted by atomic mass is 35.5. The second kappa shape index (κ2) is 5.88. The molecule has 0 aliphatic carbocycles. The van der Waals surface area contributed by atoms with Crippen LogP contribution in [0.4, 0.5) is 4.39 Å². The topological polar surface area (TPSA) is 48.4 Å². The summed E-state index contributed by atoms with van der Waals surface area (Å²) >= 11 is 5.71. The van der Waals surface area contributed by atoms with Crippen LogP contribution in [0.5, 0.6) is 5.75 Å². The molecule has 2 rings (SSSR count). The highest BCUT2D eigenvalue weighted by molar-refractivity contribution is 6.30. The van der Waals surface area contributed by atoms with Crippen molar-refractivity contribution in [2.75, 3.05) is 14.2 Å². The Kier molecular flexibility index (Phi) is 4.20. The fourth-order valence-corrected chi connectivity index (χ4v) is 1.91. The number of methoxy groups -OCH3 is 2. The van der Waals surface area contributed by atoms with Gasteiger partial charge in [0.15, 0.2) is 0 Å². The fraction of sp³-hybridized carbons (Fsp3) is 0.143. The van der Waals surface area contributed by atoms with Gasteiger partial charge in [0, 0.05) is 17.3 Å². The van der Waals surface area contributed by atoms with Gasteiger partial charge in [-0.05, 0) is 24.3 Å². The SMILES string of the molecule is COC(=O)c1ccc(-c2cnc(F)c(Cl)c2)c(OC)c1. The van der Waals surface area contributed by atoms with E-state index in [9.17, 15) is 9.18 Å². The zero-order valence-corrected chi connectivity index (χ0v) is 11.6. The lowest BCUT2D eigenvalue weighted by molar-refractivity contribution is 0.0600. The number of benzene rings is 1. The van der Waals surface area contributed by atoms with Crippen molar-refractivity contribution >= 4 is 17.6 Å². The van der Waals surface area contributed by atoms with Crippen molar-refractivity contribution in [1.29, 1.82) is 0 Å². The van der Waals surface area contributed by atoms with Crippen molar-refractivity contribution in [3.05, 3.63) is 47.0 Å². The first-order valence-electron chi connectivity index (χ1n) is 5.64. The molecular weight excluding hydrogens is 285 g/mol. The quantitative estimate of drug-likeness (QED) is 0.644. The van der Waals surface area contributed by atoms with E-state index in [2.05, 4.69) is 9.72 Å². The minimum absolute atomic E-state index is 0.0819. The van der Waals surface area contributed by atoms with Crippen LogP contribution in [0.25, 0.3) is 11.1 Å². The molecule has 0 saturated carbocycles. The number of hydrogen-bond donors (Lipinski definition) is 0. The van der Waals surface area contributed by atoms with E-state index in [0.29, 0.717) is 22.4 Å². The van der Waals surface area contributed by atoms with Crippen LogP contribution in [0.3, 0.4) is 0 Å². The van der Waals surface area contributed by atoms with Gasteiger partial charge in [0.05, 0.1) is 24.8 Å². The molecule has 0 aliphatic heterocycles. The average molecular weight is 296 g/mol. The van der Waals surface area contributed by atoms with Crippen molar-refractivity contribution in [2.45, 2.75) is 0 Å². The number of aromatic nitrogens is 1. The van der Waals surface area contributed by atoms with Crippen molar-refractivity contribution in [3.8, 4) is 16.9 Å². The summed E-state index contributed by atoms with van der Waals surface area (Å²) in [5.41, 5.74) is 1.59. The molecule has 0 bridgehead atoms. The monoisotopic (exact) mass is 295 g/mol. The number of carbonyl (C=O) groups excluding carboxylic acids is 1. The smallest absolute Gasteiger partial charge is 0.337 e. The van der Waals surface area contributed by atoms with Crippen LogP contribution >= 0.6 is 11.6 Å². The van der Waals surface area contributed by atoms with Gasteiger partial charge in [-0.3, -0.25) is 0 Å². The molecule has 0 atom stereocenters. The van der Waals surface area contributed by atoms with E-state index >= 15 is 0 Å². The third-order valence-corrected chi connectivity index (χ3v) is 2.99. The molecule has 4 nitrogen and oxygen atoms in total. The molecule has 0 spiro atoms. The maximum atomic E-state index is 13.1. The number of ether oxygens (including phenoxy) is 2. The number of esters is 1. The molecule has 1 aromatic carbocycles. The molecule has 0 radical (unpaired) electrons. The number of nitrogens with zero attached hydrogens (tertiary/aromatic N) is 1. The Morgan fingerprint density at radius 1 is 1.30 bits per heavy atom. The Hall–Kier alpha value is -2.14. The average Bonchev–Trinajstić information content (AvgIpc) is 2.48. The van der Waals surface area contributed by atoms with Gasteiger partial charge in [-0.25, -0.2) is 9.78 Å². The van der Waals surface area contributed by atoms with Crippen LogP contribution < -0.4 is 4.74 Å². The van der Waals surface area contributed by atoms with Crippen LogP contribution in [0.2, 0.25) is 5.02 Å². The van der Waals surface area contributed by atoms with Gasteiger partial charge >= 0.3 is 5.97 Å². The molecule has 1 heterocycles. The maximum Gasteiger partial charge on any atom is 0.337 e. The lowest BCUT2D eigenvalue weighted by Crippen LogP contribution is -2.02. The zero-order valence-electron chi connectivity index (χ0n) is 10.8. The molecule has 20 heavy (non-hydrogen) atoms. The number of hydrogen-bond acceptors (Lipinski definition) is 4. The summed E-state index contributed by atoms with van der Waals surface area (Å²) in [5, 5.41) is -0.0819. The second-order valence-electron chi connectivity index (χ2n) is 3.90. The lowest BCUT2D eigenvalue weighted by atomic mass is 10.0. The Labute approximate surface area is 120 Å². The van der Waals surface area contributed by atoms with Crippen molar-refractivity contribution in [3.63, 3.8) is 0 Å². The summed E-state index contributed by atoms with van der Waals surface area (Å²) in [5.74, 6) is -0.761. The summed E-state index contributed by atoms with van der Waals surface area (Å²) in [6, 6.07) is 6.23. The van der Waals surface area contributed by atoms with E-state index in [-0.39, 0.29) is 5.02 Å². The standard InChI is InChI=1S/C14H11ClFNO3/c1-19-12-6-8(14(18)20-2)3-4-10(12)9-5-11(15)13(16)17-7-9/h3-7H,1-2H3. The summed E-state index contributed by atoms with van der Waals surface area (Å²) in [7, 11) is 2.77. The first-order valence-corrected chi connectivity index (χ1v) is 6.02. The predicted octanol–water partition coefficient (Wildman–Crippen LogP) is 3.34. The van der Waals surface area contributed by atoms with Gasteiger partial charge in [0.1, 0.15) is 5.75 Å². The minimum Gasteiger partial charge on any atom is -0.496 e. The van der Waals surface area contributed by atoms with Crippen LogP contribution in [-0.2, 0) is 4.74 Å². The van der Waals surface area contributed by atoms with Crippen LogP contribution in [-0.4, -0.2) is 25.2 Å². The number of halogens is 2. The highest BCUT2D eigenvalue weighted by Crippen LogP contribution is 2.32. The third kappa shape index (κ3) is 2.72. The second-order valence-corrected chi connectivity index (χ2v) is 4.31. The van der Waals surface area contributed by atoms with Crippen molar-refractivity contribution < 1.29 is 18.7 Å². The maximum absolute atomic E-state index is 13.1. The van der Waals surface area contributed by atoms with E-state index in [1.807, 2.05) is 0 Å². The first kappa shape index (κ1) is 14.3. The van der Waals surface area contributed by atoms with Gasteiger partial charge in [0.25, 0.3) is 0 Å². The van der Waals surface area contributed by atoms with E-state index in [0.717, 1.165) is 0 Å². The summed E-state index contributed by atoms with van der Waals surface area (Å²) in [6.07, 6.45) is 1.34. The zero-order chi connectivity index (χ0) is 14.7. The molecule has 6 heteroatoms. The van der Waals surface area contributed by atoms with Crippen LogP contribution in [0.15, 0.2) is 30.5 Å². The normalized spacial score (nSPS) is 10.2. The number of rotatable bonds is 3. The van der Waals surface area contributed by atoms with E-state index in [1.54, 1.807) is 18.2 Å². The third-order valence-electron chi connectivity index (χ3n) is 2.73. The van der Waals surface area contributed by atoms with Gasteiger partial charge in [-0.15, -0.1) is 0 Å². The molecule has 0 amide bonds. The molecular formula is C14H11ClFNO3. The Bertz CT molecular complexity index is 661. The van der Waals surface area contributed by atoms with Gasteiger partial charge in [-0.1, -0.05) is 11.6 Å². The molecule has 0 fully saturated rings. The molecule has 1 aromatic heterocycles. The number of carbonyl (C=O) groups is 1. The predicted molar refractivity (Wildman–Crippen MR) is 72.5 cm³/mol. The van der Waals surface area contributed by atoms with E-state index < -0.39 is 11.9 Å². The molecule has 0 aliphatic rings. The largest absolute Gasteiger partial charge is 0.496 e. The highest BCUT2D eigenvalue weighted by Gasteiger charge is 2.13. The first-order chi connectivity index (χ1) is 9.56. The fourth-order valence-electron chi connectivity index (χ4n) is 1.74. The molecule has 0 unspecified atom stereocenters. The van der Waals surface area contributed by atoms with Crippen molar-refractivity contribution in [1.82, 2.24) is 4.98 Å². The van der Waals surface area contributed by atoms with Gasteiger partial charge in [-0.2, -0.15) is 4.39 Å². The van der Waals surface area contributed by atoms with Gasteiger partial charge in [0.2, 0.25) is 5.95 Å². The molecule has 104 valence electrons. The van der Waals surface area contributed by atoms with Crippen LogP contribution in [0.1, 0.15) is 10.4 Å². The van der Waals surface area contributed by atoms with Crippen LogP contribution in [0, 0.1) is 5.95 Å². The Morgan fingerprint density at radius 2 is 2.05 bits per heavy atom. The Balaban J connectivity index is 2.51. The molecule has 0 saturated heterocycles. The molecule has 2 aromatic rings.